The van der Waals surface area contributed by atoms with Crippen molar-refractivity contribution in [2.24, 2.45) is 0 Å². The Bertz CT molecular complexity index is 1490. The molecule has 206 valence electrons. The molecule has 2 heterocycles. The quantitative estimate of drug-likeness (QED) is 0.409. The van der Waals surface area contributed by atoms with Crippen molar-refractivity contribution >= 4 is 34.9 Å². The Morgan fingerprint density at radius 2 is 1.75 bits per heavy atom. The molecule has 40 heavy (non-hydrogen) atoms. The van der Waals surface area contributed by atoms with E-state index in [4.69, 9.17) is 14.2 Å². The number of amides is 3. The lowest BCUT2D eigenvalue weighted by atomic mass is 9.93. The van der Waals surface area contributed by atoms with Crippen LogP contribution < -0.4 is 24.4 Å². The molecule has 0 aliphatic carbocycles. The second kappa shape index (κ2) is 10.7. The highest BCUT2D eigenvalue weighted by Crippen LogP contribution is 2.35. The van der Waals surface area contributed by atoms with Crippen LogP contribution in [0.5, 0.6) is 17.2 Å². The molecule has 10 nitrogen and oxygen atoms in total. The minimum absolute atomic E-state index is 0.0827. The molecule has 2 aliphatic heterocycles. The number of rotatable bonds is 9. The number of carbonyl (C=O) groups is 4. The monoisotopic (exact) mass is 543 g/mol. The summed E-state index contributed by atoms with van der Waals surface area (Å²) in [5.74, 6) is -0.599. The summed E-state index contributed by atoms with van der Waals surface area (Å²) in [7, 11) is 1.56. The van der Waals surface area contributed by atoms with Gasteiger partial charge in [0, 0.05) is 18.3 Å². The molecule has 3 aromatic carbocycles. The third-order valence-corrected chi connectivity index (χ3v) is 7.38. The van der Waals surface area contributed by atoms with Gasteiger partial charge in [-0.1, -0.05) is 31.2 Å². The van der Waals surface area contributed by atoms with Gasteiger partial charge in [0.25, 0.3) is 11.7 Å². The van der Waals surface area contributed by atoms with E-state index in [1.54, 1.807) is 68.6 Å². The lowest BCUT2D eigenvalue weighted by molar-refractivity contribution is -0.145. The second-order valence-electron chi connectivity index (χ2n) is 9.72. The Labute approximate surface area is 231 Å². The average molecular weight is 544 g/mol. The number of anilines is 2. The molecule has 3 amide bonds. The van der Waals surface area contributed by atoms with E-state index in [0.29, 0.717) is 28.6 Å². The van der Waals surface area contributed by atoms with Gasteiger partial charge in [0.2, 0.25) is 18.6 Å². The van der Waals surface area contributed by atoms with Gasteiger partial charge in [-0.25, -0.2) is 0 Å². The van der Waals surface area contributed by atoms with Crippen LogP contribution in [0.3, 0.4) is 0 Å². The molecule has 0 saturated heterocycles. The molecule has 10 heteroatoms. The zero-order valence-corrected chi connectivity index (χ0v) is 22.4. The van der Waals surface area contributed by atoms with Gasteiger partial charge in [-0.15, -0.1) is 0 Å². The number of hydrogen-bond donors (Lipinski definition) is 1. The Morgan fingerprint density at radius 3 is 2.48 bits per heavy atom. The number of nitrogens with one attached hydrogen (secondary N) is 1. The molecule has 1 atom stereocenters. The number of methoxy groups -OCH3 is 1. The fourth-order valence-corrected chi connectivity index (χ4v) is 4.79. The minimum Gasteiger partial charge on any atom is -0.497 e. The van der Waals surface area contributed by atoms with Crippen molar-refractivity contribution in [2.45, 2.75) is 32.4 Å². The number of carbonyl (C=O) groups excluding carboxylic acids is 4. The van der Waals surface area contributed by atoms with Gasteiger partial charge < -0.3 is 24.4 Å². The first-order valence-corrected chi connectivity index (χ1v) is 12.8. The number of nitrogens with zero attached hydrogens (tertiary/aromatic N) is 2. The van der Waals surface area contributed by atoms with Crippen molar-refractivity contribution in [3.8, 4) is 17.2 Å². The number of ether oxygens (including phenoxy) is 3. The van der Waals surface area contributed by atoms with E-state index in [1.165, 1.54) is 9.80 Å². The standard InChI is InChI=1S/C30H29N3O7/c1-4-30(2,29(37)31-20-11-14-24-25(15-20)40-18-39-24)33(16-19-9-12-21(38-3)13-10-19)26(34)17-32-23-8-6-5-7-22(23)27(35)28(32)36/h5-15H,4,16-18H2,1-3H3,(H,31,37). The summed E-state index contributed by atoms with van der Waals surface area (Å²) in [5, 5.41) is 2.90. The summed E-state index contributed by atoms with van der Waals surface area (Å²) in [4.78, 5) is 55.8. The molecular weight excluding hydrogens is 514 g/mol. The second-order valence-corrected chi connectivity index (χ2v) is 9.72. The maximum Gasteiger partial charge on any atom is 0.299 e. The first-order valence-electron chi connectivity index (χ1n) is 12.8. The number of hydrogen-bond acceptors (Lipinski definition) is 7. The van der Waals surface area contributed by atoms with E-state index in [2.05, 4.69) is 5.32 Å². The molecule has 2 aliphatic rings. The SMILES string of the molecule is CCC(C)(C(=O)Nc1ccc2c(c1)OCO2)N(Cc1ccc(OC)cc1)C(=O)CN1C(=O)C(=O)c2ccccc21. The van der Waals surface area contributed by atoms with E-state index >= 15 is 0 Å². The Hall–Kier alpha value is -4.86. The highest BCUT2D eigenvalue weighted by atomic mass is 16.7. The molecular formula is C30H29N3O7. The number of benzene rings is 3. The first kappa shape index (κ1) is 26.7. The van der Waals surface area contributed by atoms with Crippen molar-refractivity contribution in [1.29, 1.82) is 0 Å². The van der Waals surface area contributed by atoms with E-state index in [1.807, 2.05) is 19.1 Å². The van der Waals surface area contributed by atoms with Gasteiger partial charge in [0.15, 0.2) is 11.5 Å². The topological polar surface area (TPSA) is 114 Å². The summed E-state index contributed by atoms with van der Waals surface area (Å²) >= 11 is 0. The zero-order chi connectivity index (χ0) is 28.4. The molecule has 0 fully saturated rings. The van der Waals surface area contributed by atoms with Gasteiger partial charge in [0.05, 0.1) is 18.4 Å². The highest BCUT2D eigenvalue weighted by molar-refractivity contribution is 6.52. The predicted octanol–water partition coefficient (Wildman–Crippen LogP) is 3.79. The number of Topliss-reactive ketones (excluding diaryl/α,β-unsaturated/α-hetero) is 1. The molecule has 3 aromatic rings. The molecule has 1 unspecified atom stereocenters. The largest absolute Gasteiger partial charge is 0.497 e. The van der Waals surface area contributed by atoms with Crippen LogP contribution in [0, 0.1) is 0 Å². The first-order chi connectivity index (χ1) is 19.2. The van der Waals surface area contributed by atoms with E-state index in [9.17, 15) is 19.2 Å². The van der Waals surface area contributed by atoms with Crippen LogP contribution in [-0.2, 0) is 20.9 Å². The normalized spacial score (nSPS) is 14.9. The van der Waals surface area contributed by atoms with E-state index in [0.717, 1.165) is 5.56 Å². The van der Waals surface area contributed by atoms with E-state index < -0.39 is 35.6 Å². The molecule has 5 rings (SSSR count). The van der Waals surface area contributed by atoms with E-state index in [-0.39, 0.29) is 25.3 Å². The van der Waals surface area contributed by atoms with Crippen molar-refractivity contribution in [1.82, 2.24) is 4.90 Å². The number of ketones is 1. The Morgan fingerprint density at radius 1 is 1.02 bits per heavy atom. The summed E-state index contributed by atoms with van der Waals surface area (Å²) in [5.41, 5.74) is 0.549. The third-order valence-electron chi connectivity index (χ3n) is 7.38. The maximum absolute atomic E-state index is 14.0. The summed E-state index contributed by atoms with van der Waals surface area (Å²) < 4.78 is 16.0. The molecule has 0 radical (unpaired) electrons. The van der Waals surface area contributed by atoms with Crippen molar-refractivity contribution in [2.75, 3.05) is 30.7 Å². The van der Waals surface area contributed by atoms with Crippen LogP contribution in [0.4, 0.5) is 11.4 Å². The zero-order valence-electron chi connectivity index (χ0n) is 22.4. The van der Waals surface area contributed by atoms with Crippen LogP contribution in [0.25, 0.3) is 0 Å². The van der Waals surface area contributed by atoms with Crippen LogP contribution in [0.1, 0.15) is 36.2 Å². The molecule has 0 aromatic heterocycles. The van der Waals surface area contributed by atoms with Gasteiger partial charge in [0.1, 0.15) is 17.8 Å². The number of fused-ring (bicyclic) bond motifs is 2. The van der Waals surface area contributed by atoms with Gasteiger partial charge in [-0.3, -0.25) is 24.1 Å². The molecule has 0 spiro atoms. The minimum atomic E-state index is -1.32. The predicted molar refractivity (Wildman–Crippen MR) is 147 cm³/mol. The smallest absolute Gasteiger partial charge is 0.299 e. The fourth-order valence-electron chi connectivity index (χ4n) is 4.79. The summed E-state index contributed by atoms with van der Waals surface area (Å²) in [6.45, 7) is 3.28. The average Bonchev–Trinajstić information content (AvgIpc) is 3.54. The fraction of sp³-hybridized carbons (Fsp3) is 0.267. The van der Waals surface area contributed by atoms with Crippen molar-refractivity contribution in [3.05, 3.63) is 77.9 Å². The maximum atomic E-state index is 14.0. The molecule has 1 N–H and O–H groups in total. The number of para-hydroxylation sites is 1. The lowest BCUT2D eigenvalue weighted by Crippen LogP contribution is -2.58. The summed E-state index contributed by atoms with van der Waals surface area (Å²) in [6, 6.07) is 18.8. The van der Waals surface area contributed by atoms with Crippen LogP contribution in [0.2, 0.25) is 0 Å². The van der Waals surface area contributed by atoms with Gasteiger partial charge in [-0.2, -0.15) is 0 Å². The van der Waals surface area contributed by atoms with Crippen LogP contribution in [-0.4, -0.2) is 54.4 Å². The third kappa shape index (κ3) is 4.84. The Kier molecular flexibility index (Phi) is 7.17. The van der Waals surface area contributed by atoms with Crippen molar-refractivity contribution in [3.63, 3.8) is 0 Å². The van der Waals surface area contributed by atoms with Crippen LogP contribution >= 0.6 is 0 Å². The highest BCUT2D eigenvalue weighted by Gasteiger charge is 2.43. The summed E-state index contributed by atoms with van der Waals surface area (Å²) in [6.07, 6.45) is 0.273. The molecule has 0 saturated carbocycles. The van der Waals surface area contributed by atoms with Gasteiger partial charge in [-0.05, 0) is 55.3 Å². The Balaban J connectivity index is 1.46. The lowest BCUT2D eigenvalue weighted by Gasteiger charge is -2.40. The van der Waals surface area contributed by atoms with Crippen LogP contribution in [0.15, 0.2) is 66.7 Å². The van der Waals surface area contributed by atoms with Crippen molar-refractivity contribution < 1.29 is 33.4 Å². The van der Waals surface area contributed by atoms with Gasteiger partial charge >= 0.3 is 0 Å². The molecule has 0 bridgehead atoms.